The minimum absolute atomic E-state index is 0.0196. The third-order valence-electron chi connectivity index (χ3n) is 4.49. The molecular weight excluding hydrogens is 350 g/mol. The number of carbonyl (C=O) groups excluding carboxylic acids is 1. The van der Waals surface area contributed by atoms with E-state index < -0.39 is 0 Å². The van der Waals surface area contributed by atoms with Gasteiger partial charge in [0.25, 0.3) is 0 Å². The molecule has 0 amide bonds. The highest BCUT2D eigenvalue weighted by Gasteiger charge is 2.15. The Morgan fingerprint density at radius 2 is 1.57 bits per heavy atom. The first-order valence-corrected chi connectivity index (χ1v) is 9.07. The average molecular weight is 369 g/mol. The highest BCUT2D eigenvalue weighted by molar-refractivity contribution is 6.00. The molecule has 0 radical (unpaired) electrons. The van der Waals surface area contributed by atoms with Crippen LogP contribution in [-0.2, 0) is 13.0 Å². The SMILES string of the molecule is O=C(Cc1ccccc1)c1ccc(-c2cnoc2)cc1OCc1ccccc1. The van der Waals surface area contributed by atoms with Crippen LogP contribution >= 0.6 is 0 Å². The first kappa shape index (κ1) is 17.7. The van der Waals surface area contributed by atoms with Crippen LogP contribution < -0.4 is 4.74 Å². The molecule has 0 saturated carbocycles. The Balaban J connectivity index is 1.63. The Morgan fingerprint density at radius 3 is 2.25 bits per heavy atom. The number of aromatic nitrogens is 1. The highest BCUT2D eigenvalue weighted by Crippen LogP contribution is 2.29. The standard InChI is InChI=1S/C24H19NO3/c26-23(13-18-7-3-1-4-8-18)22-12-11-20(21-15-25-28-17-21)14-24(22)27-16-19-9-5-2-6-10-19/h1-12,14-15,17H,13,16H2. The monoisotopic (exact) mass is 369 g/mol. The topological polar surface area (TPSA) is 52.3 Å². The Bertz CT molecular complexity index is 1040. The van der Waals surface area contributed by atoms with Gasteiger partial charge in [0.1, 0.15) is 18.6 Å². The predicted octanol–water partition coefficient (Wildman–Crippen LogP) is 5.35. The first-order chi connectivity index (χ1) is 13.8. The maximum absolute atomic E-state index is 12.9. The van der Waals surface area contributed by atoms with Gasteiger partial charge in [-0.25, -0.2) is 0 Å². The summed E-state index contributed by atoms with van der Waals surface area (Å²) in [6, 6.07) is 25.2. The van der Waals surface area contributed by atoms with Crippen LogP contribution in [0.5, 0.6) is 5.75 Å². The molecule has 28 heavy (non-hydrogen) atoms. The smallest absolute Gasteiger partial charge is 0.170 e. The van der Waals surface area contributed by atoms with Crippen molar-refractivity contribution < 1.29 is 14.1 Å². The summed E-state index contributed by atoms with van der Waals surface area (Å²) >= 11 is 0. The molecule has 1 heterocycles. The Morgan fingerprint density at radius 1 is 0.857 bits per heavy atom. The fourth-order valence-electron chi connectivity index (χ4n) is 3.01. The van der Waals surface area contributed by atoms with Crippen molar-refractivity contribution in [3.63, 3.8) is 0 Å². The molecule has 0 fully saturated rings. The molecule has 4 aromatic rings. The summed E-state index contributed by atoms with van der Waals surface area (Å²) in [5.74, 6) is 0.578. The second-order valence-corrected chi connectivity index (χ2v) is 6.48. The van der Waals surface area contributed by atoms with Crippen LogP contribution in [0.2, 0.25) is 0 Å². The largest absolute Gasteiger partial charge is 0.488 e. The molecule has 4 heteroatoms. The molecule has 4 rings (SSSR count). The van der Waals surface area contributed by atoms with Gasteiger partial charge in [0.2, 0.25) is 0 Å². The minimum atomic E-state index is 0.0196. The maximum atomic E-state index is 12.9. The van der Waals surface area contributed by atoms with E-state index in [4.69, 9.17) is 9.26 Å². The van der Waals surface area contributed by atoms with Crippen molar-refractivity contribution in [1.29, 1.82) is 0 Å². The third-order valence-corrected chi connectivity index (χ3v) is 4.49. The lowest BCUT2D eigenvalue weighted by Crippen LogP contribution is -2.07. The normalized spacial score (nSPS) is 10.6. The van der Waals surface area contributed by atoms with Crippen molar-refractivity contribution in [2.24, 2.45) is 0 Å². The molecule has 4 nitrogen and oxygen atoms in total. The van der Waals surface area contributed by atoms with Crippen molar-refractivity contribution in [3.05, 3.63) is 108 Å². The molecule has 3 aromatic carbocycles. The third kappa shape index (κ3) is 4.18. The molecule has 0 aliphatic carbocycles. The summed E-state index contributed by atoms with van der Waals surface area (Å²) in [7, 11) is 0. The maximum Gasteiger partial charge on any atom is 0.170 e. The summed E-state index contributed by atoms with van der Waals surface area (Å²) in [6.45, 7) is 0.388. The zero-order chi connectivity index (χ0) is 19.2. The zero-order valence-corrected chi connectivity index (χ0v) is 15.2. The van der Waals surface area contributed by atoms with Crippen LogP contribution in [0.4, 0.5) is 0 Å². The molecule has 0 bridgehead atoms. The Hall–Kier alpha value is -3.66. The van der Waals surface area contributed by atoms with Crippen molar-refractivity contribution in [3.8, 4) is 16.9 Å². The summed E-state index contributed by atoms with van der Waals surface area (Å²) in [6.07, 6.45) is 3.54. The number of carbonyl (C=O) groups is 1. The highest BCUT2D eigenvalue weighted by atomic mass is 16.5. The fourth-order valence-corrected chi connectivity index (χ4v) is 3.01. The van der Waals surface area contributed by atoms with Gasteiger partial charge in [-0.05, 0) is 28.8 Å². The van der Waals surface area contributed by atoms with Gasteiger partial charge in [0, 0.05) is 12.0 Å². The van der Waals surface area contributed by atoms with E-state index in [2.05, 4.69) is 5.16 Å². The van der Waals surface area contributed by atoms with E-state index in [1.807, 2.05) is 78.9 Å². The minimum Gasteiger partial charge on any atom is -0.488 e. The zero-order valence-electron chi connectivity index (χ0n) is 15.2. The van der Waals surface area contributed by atoms with E-state index in [1.54, 1.807) is 12.5 Å². The van der Waals surface area contributed by atoms with E-state index in [9.17, 15) is 4.79 Å². The number of hydrogen-bond acceptors (Lipinski definition) is 4. The van der Waals surface area contributed by atoms with E-state index in [-0.39, 0.29) is 5.78 Å². The first-order valence-electron chi connectivity index (χ1n) is 9.07. The van der Waals surface area contributed by atoms with Crippen LogP contribution in [0.1, 0.15) is 21.5 Å². The van der Waals surface area contributed by atoms with E-state index in [0.717, 1.165) is 22.3 Å². The molecule has 0 unspecified atom stereocenters. The van der Waals surface area contributed by atoms with Crippen molar-refractivity contribution in [2.45, 2.75) is 13.0 Å². The van der Waals surface area contributed by atoms with Gasteiger partial charge in [-0.15, -0.1) is 0 Å². The van der Waals surface area contributed by atoms with Crippen LogP contribution in [0, 0.1) is 0 Å². The number of ether oxygens (including phenoxy) is 1. The lowest BCUT2D eigenvalue weighted by Gasteiger charge is -2.13. The van der Waals surface area contributed by atoms with Gasteiger partial charge in [0.15, 0.2) is 5.78 Å². The number of nitrogens with zero attached hydrogens (tertiary/aromatic N) is 1. The molecule has 0 N–H and O–H groups in total. The summed E-state index contributed by atoms with van der Waals surface area (Å²) < 4.78 is 11.0. The molecule has 0 saturated heterocycles. The van der Waals surface area contributed by atoms with Gasteiger partial charge in [-0.1, -0.05) is 71.9 Å². The van der Waals surface area contributed by atoms with Crippen LogP contribution in [0.25, 0.3) is 11.1 Å². The molecule has 138 valence electrons. The van der Waals surface area contributed by atoms with Gasteiger partial charge in [-0.2, -0.15) is 0 Å². The predicted molar refractivity (Wildman–Crippen MR) is 107 cm³/mol. The molecular formula is C24H19NO3. The van der Waals surface area contributed by atoms with Crippen molar-refractivity contribution >= 4 is 5.78 Å². The van der Waals surface area contributed by atoms with Crippen LogP contribution in [0.15, 0.2) is 95.8 Å². The number of Topliss-reactive ketones (excluding diaryl/α,β-unsaturated/α-hetero) is 1. The molecule has 1 aromatic heterocycles. The lowest BCUT2D eigenvalue weighted by molar-refractivity contribution is 0.0988. The Labute approximate surface area is 163 Å². The van der Waals surface area contributed by atoms with E-state index in [0.29, 0.717) is 24.3 Å². The molecule has 0 spiro atoms. The number of benzene rings is 3. The number of rotatable bonds is 7. The van der Waals surface area contributed by atoms with E-state index in [1.165, 1.54) is 0 Å². The second kappa shape index (κ2) is 8.35. The summed E-state index contributed by atoms with van der Waals surface area (Å²) in [5, 5.41) is 3.75. The molecule has 0 aliphatic heterocycles. The van der Waals surface area contributed by atoms with Crippen molar-refractivity contribution in [1.82, 2.24) is 5.16 Å². The van der Waals surface area contributed by atoms with Gasteiger partial charge in [-0.3, -0.25) is 4.79 Å². The summed E-state index contributed by atoms with van der Waals surface area (Å²) in [5.41, 5.74) is 4.32. The summed E-state index contributed by atoms with van der Waals surface area (Å²) in [4.78, 5) is 12.9. The van der Waals surface area contributed by atoms with Crippen molar-refractivity contribution in [2.75, 3.05) is 0 Å². The second-order valence-electron chi connectivity index (χ2n) is 6.48. The molecule has 0 aliphatic rings. The number of hydrogen-bond donors (Lipinski definition) is 0. The lowest BCUT2D eigenvalue weighted by atomic mass is 9.99. The molecule has 0 atom stereocenters. The van der Waals surface area contributed by atoms with Gasteiger partial charge in [0.05, 0.1) is 11.8 Å². The van der Waals surface area contributed by atoms with Crippen LogP contribution in [-0.4, -0.2) is 10.9 Å². The number of ketones is 1. The van der Waals surface area contributed by atoms with Gasteiger partial charge < -0.3 is 9.26 Å². The fraction of sp³-hybridized carbons (Fsp3) is 0.0833. The van der Waals surface area contributed by atoms with Gasteiger partial charge >= 0.3 is 0 Å². The Kier molecular flexibility index (Phi) is 5.29. The quantitative estimate of drug-likeness (QED) is 0.412. The van der Waals surface area contributed by atoms with Crippen LogP contribution in [0.3, 0.4) is 0 Å². The van der Waals surface area contributed by atoms with E-state index >= 15 is 0 Å². The average Bonchev–Trinajstić information content (AvgIpc) is 3.28.